The van der Waals surface area contributed by atoms with E-state index < -0.39 is 6.10 Å². The summed E-state index contributed by atoms with van der Waals surface area (Å²) in [5, 5.41) is 0. The summed E-state index contributed by atoms with van der Waals surface area (Å²) < 4.78 is 13.1. The van der Waals surface area contributed by atoms with Crippen LogP contribution in [-0.4, -0.2) is 28.7 Å². The van der Waals surface area contributed by atoms with Gasteiger partial charge >= 0.3 is 5.97 Å². The number of nitrogens with zero attached hydrogens (tertiary/aromatic N) is 2. The number of benzene rings is 2. The van der Waals surface area contributed by atoms with Crippen LogP contribution >= 0.6 is 0 Å². The highest BCUT2D eigenvalue weighted by Gasteiger charge is 2.22. The zero-order valence-corrected chi connectivity index (χ0v) is 18.4. The second-order valence-corrected chi connectivity index (χ2v) is 8.11. The van der Waals surface area contributed by atoms with Gasteiger partial charge in [0.2, 0.25) is 0 Å². The molecule has 2 aromatic carbocycles. The molecule has 0 saturated carbocycles. The molecule has 5 heteroatoms. The number of imidazole rings is 1. The van der Waals surface area contributed by atoms with Crippen LogP contribution in [-0.2, 0) is 22.5 Å². The van der Waals surface area contributed by atoms with Crippen molar-refractivity contribution >= 4 is 17.0 Å². The second kappa shape index (κ2) is 10.3. The topological polar surface area (TPSA) is 53.4 Å². The predicted octanol–water partition coefficient (Wildman–Crippen LogP) is 5.39. The highest BCUT2D eigenvalue weighted by molar-refractivity contribution is 5.76. The molecule has 3 aromatic rings. The van der Waals surface area contributed by atoms with Crippen LogP contribution in [0.3, 0.4) is 0 Å². The molecule has 0 aliphatic carbocycles. The first-order valence-corrected chi connectivity index (χ1v) is 10.8. The van der Waals surface area contributed by atoms with E-state index in [1.165, 1.54) is 12.7 Å². The monoisotopic (exact) mass is 408 g/mol. The molecule has 0 aliphatic rings. The Bertz CT molecular complexity index is 960. The summed E-state index contributed by atoms with van der Waals surface area (Å²) >= 11 is 0. The van der Waals surface area contributed by atoms with Crippen LogP contribution < -0.4 is 4.74 Å². The van der Waals surface area contributed by atoms with Crippen LogP contribution in [0.1, 0.15) is 51.4 Å². The second-order valence-electron chi connectivity index (χ2n) is 8.11. The lowest BCUT2D eigenvalue weighted by molar-refractivity contribution is -0.149. The lowest BCUT2D eigenvalue weighted by atomic mass is 10.1. The minimum Gasteiger partial charge on any atom is -0.479 e. The molecule has 1 unspecified atom stereocenters. The molecule has 30 heavy (non-hydrogen) atoms. The fraction of sp³-hybridized carbons (Fsp3) is 0.440. The molecular weight excluding hydrogens is 376 g/mol. The number of aromatic nitrogens is 2. The van der Waals surface area contributed by atoms with Crippen LogP contribution in [0.15, 0.2) is 48.5 Å². The van der Waals surface area contributed by atoms with Crippen molar-refractivity contribution in [2.24, 2.45) is 5.92 Å². The van der Waals surface area contributed by atoms with Gasteiger partial charge < -0.3 is 14.0 Å². The number of aryl methyl sites for hydroxylation is 1. The van der Waals surface area contributed by atoms with Crippen molar-refractivity contribution in [2.45, 2.75) is 59.1 Å². The zero-order valence-electron chi connectivity index (χ0n) is 18.4. The van der Waals surface area contributed by atoms with Crippen LogP contribution in [0.4, 0.5) is 0 Å². The molecule has 5 nitrogen and oxygen atoms in total. The lowest BCUT2D eigenvalue weighted by Gasteiger charge is -2.19. The van der Waals surface area contributed by atoms with Gasteiger partial charge in [-0.1, -0.05) is 51.5 Å². The van der Waals surface area contributed by atoms with Crippen molar-refractivity contribution in [3.05, 3.63) is 59.9 Å². The molecule has 1 aromatic heterocycles. The average Bonchev–Trinajstić information content (AvgIpc) is 3.09. The molecule has 0 fully saturated rings. The van der Waals surface area contributed by atoms with Crippen molar-refractivity contribution in [3.8, 4) is 5.75 Å². The molecule has 1 heterocycles. The summed E-state index contributed by atoms with van der Waals surface area (Å²) in [5.41, 5.74) is 3.37. The van der Waals surface area contributed by atoms with Gasteiger partial charge in [-0.25, -0.2) is 9.78 Å². The van der Waals surface area contributed by atoms with E-state index in [0.29, 0.717) is 18.1 Å². The van der Waals surface area contributed by atoms with Crippen molar-refractivity contribution in [2.75, 3.05) is 7.11 Å². The number of methoxy groups -OCH3 is 1. The fourth-order valence-corrected chi connectivity index (χ4v) is 3.60. The third kappa shape index (κ3) is 5.41. The van der Waals surface area contributed by atoms with Crippen LogP contribution in [0, 0.1) is 5.92 Å². The Morgan fingerprint density at radius 3 is 2.50 bits per heavy atom. The van der Waals surface area contributed by atoms with E-state index in [4.69, 9.17) is 14.5 Å². The van der Waals surface area contributed by atoms with Crippen molar-refractivity contribution in [1.29, 1.82) is 0 Å². The Balaban J connectivity index is 1.78. The quantitative estimate of drug-likeness (QED) is 0.422. The molecule has 0 aliphatic heterocycles. The van der Waals surface area contributed by atoms with E-state index in [9.17, 15) is 4.79 Å². The minimum absolute atomic E-state index is 0.335. The first kappa shape index (κ1) is 21.9. The molecule has 0 N–H and O–H groups in total. The van der Waals surface area contributed by atoms with Gasteiger partial charge in [-0.15, -0.1) is 0 Å². The van der Waals surface area contributed by atoms with Crippen molar-refractivity contribution in [3.63, 3.8) is 0 Å². The Hall–Kier alpha value is -2.82. The standard InChI is InChI=1S/C25H32N2O3/c1-5-6-11-24-26-21-9-7-8-10-22(21)27(24)17-19-12-14-20(15-13-19)30-23(16-18(2)3)25(28)29-4/h7-10,12-15,18,23H,5-6,11,16-17H2,1-4H3. The Kier molecular flexibility index (Phi) is 7.50. The van der Waals surface area contributed by atoms with E-state index >= 15 is 0 Å². The maximum atomic E-state index is 12.0. The number of para-hydroxylation sites is 2. The molecule has 0 amide bonds. The van der Waals surface area contributed by atoms with Crippen LogP contribution in [0.25, 0.3) is 11.0 Å². The van der Waals surface area contributed by atoms with E-state index in [0.717, 1.165) is 42.7 Å². The van der Waals surface area contributed by atoms with Gasteiger partial charge in [-0.2, -0.15) is 0 Å². The summed E-state index contributed by atoms with van der Waals surface area (Å²) in [7, 11) is 1.40. The van der Waals surface area contributed by atoms with Gasteiger partial charge in [0.05, 0.1) is 18.1 Å². The Morgan fingerprint density at radius 1 is 1.10 bits per heavy atom. The summed E-state index contributed by atoms with van der Waals surface area (Å²) in [6.45, 7) is 7.08. The van der Waals surface area contributed by atoms with Gasteiger partial charge in [-0.05, 0) is 48.6 Å². The summed E-state index contributed by atoms with van der Waals surface area (Å²) in [6.07, 6.45) is 3.28. The average molecular weight is 409 g/mol. The van der Waals surface area contributed by atoms with Gasteiger partial charge in [0, 0.05) is 13.0 Å². The summed E-state index contributed by atoms with van der Waals surface area (Å²) in [5.74, 6) is 1.81. The van der Waals surface area contributed by atoms with Gasteiger partial charge in [-0.3, -0.25) is 0 Å². The number of hydrogen-bond acceptors (Lipinski definition) is 4. The maximum absolute atomic E-state index is 12.0. The van der Waals surface area contributed by atoms with Crippen molar-refractivity contribution in [1.82, 2.24) is 9.55 Å². The smallest absolute Gasteiger partial charge is 0.347 e. The number of unbranched alkanes of at least 4 members (excludes halogenated alkanes) is 1. The highest BCUT2D eigenvalue weighted by Crippen LogP contribution is 2.22. The highest BCUT2D eigenvalue weighted by atomic mass is 16.6. The minimum atomic E-state index is -0.584. The summed E-state index contributed by atoms with van der Waals surface area (Å²) in [4.78, 5) is 16.9. The number of rotatable bonds is 10. The Labute approximate surface area is 179 Å². The van der Waals surface area contributed by atoms with E-state index in [1.807, 2.05) is 18.2 Å². The largest absolute Gasteiger partial charge is 0.479 e. The number of carbonyl (C=O) groups is 1. The number of esters is 1. The number of ether oxygens (including phenoxy) is 2. The van der Waals surface area contributed by atoms with Gasteiger partial charge in [0.25, 0.3) is 0 Å². The zero-order chi connectivity index (χ0) is 21.5. The third-order valence-electron chi connectivity index (χ3n) is 5.18. The number of fused-ring (bicyclic) bond motifs is 1. The molecule has 0 spiro atoms. The van der Waals surface area contributed by atoms with Gasteiger partial charge in [0.15, 0.2) is 6.10 Å². The first-order valence-electron chi connectivity index (χ1n) is 10.8. The molecule has 1 atom stereocenters. The molecule has 160 valence electrons. The van der Waals surface area contributed by atoms with E-state index in [-0.39, 0.29) is 5.97 Å². The predicted molar refractivity (Wildman–Crippen MR) is 120 cm³/mol. The lowest BCUT2D eigenvalue weighted by Crippen LogP contribution is -2.30. The number of hydrogen-bond donors (Lipinski definition) is 0. The SMILES string of the molecule is CCCCc1nc2ccccc2n1Cc1ccc(OC(CC(C)C)C(=O)OC)cc1. The fourth-order valence-electron chi connectivity index (χ4n) is 3.60. The van der Waals surface area contributed by atoms with Crippen LogP contribution in [0.2, 0.25) is 0 Å². The molecular formula is C25H32N2O3. The molecule has 0 saturated heterocycles. The maximum Gasteiger partial charge on any atom is 0.347 e. The Morgan fingerprint density at radius 2 is 1.83 bits per heavy atom. The molecule has 0 radical (unpaired) electrons. The van der Waals surface area contributed by atoms with Gasteiger partial charge in [0.1, 0.15) is 11.6 Å². The van der Waals surface area contributed by atoms with Crippen molar-refractivity contribution < 1.29 is 14.3 Å². The third-order valence-corrected chi connectivity index (χ3v) is 5.18. The normalized spacial score (nSPS) is 12.3. The molecule has 0 bridgehead atoms. The summed E-state index contributed by atoms with van der Waals surface area (Å²) in [6, 6.07) is 16.2. The first-order chi connectivity index (χ1) is 14.5. The van der Waals surface area contributed by atoms with E-state index in [2.05, 4.69) is 55.7 Å². The molecule has 3 rings (SSSR count). The van der Waals surface area contributed by atoms with Crippen LogP contribution in [0.5, 0.6) is 5.75 Å². The van der Waals surface area contributed by atoms with E-state index in [1.54, 1.807) is 0 Å². The number of carbonyl (C=O) groups excluding carboxylic acids is 1.